The predicted octanol–water partition coefficient (Wildman–Crippen LogP) is 4.61. The number of ketones is 1. The SMILES string of the molecule is Cc1cc(C)c(S[C@H]2C(=O)[C@H]3Cc4ccccc4[C@H]32)c(C)c1. The smallest absolute Gasteiger partial charge is 0.150 e. The second kappa shape index (κ2) is 4.99. The summed E-state index contributed by atoms with van der Waals surface area (Å²) >= 11 is 1.79. The molecule has 0 N–H and O–H groups in total. The lowest BCUT2D eigenvalue weighted by molar-refractivity contribution is -0.129. The lowest BCUT2D eigenvalue weighted by Crippen LogP contribution is -2.46. The number of thioether (sulfide) groups is 1. The Morgan fingerprint density at radius 3 is 2.45 bits per heavy atom. The summed E-state index contributed by atoms with van der Waals surface area (Å²) in [5, 5.41) is 0.105. The second-order valence-electron chi connectivity index (χ2n) is 6.70. The fraction of sp³-hybridized carbons (Fsp3) is 0.350. The van der Waals surface area contributed by atoms with Crippen molar-refractivity contribution in [2.45, 2.75) is 43.3 Å². The maximum atomic E-state index is 12.6. The van der Waals surface area contributed by atoms with Crippen LogP contribution in [0.5, 0.6) is 0 Å². The molecule has 0 radical (unpaired) electrons. The number of carbonyl (C=O) groups is 1. The molecule has 3 atom stereocenters. The Labute approximate surface area is 136 Å². The van der Waals surface area contributed by atoms with Gasteiger partial charge in [0.25, 0.3) is 0 Å². The molecule has 22 heavy (non-hydrogen) atoms. The van der Waals surface area contributed by atoms with Crippen LogP contribution in [0.3, 0.4) is 0 Å². The van der Waals surface area contributed by atoms with Crippen LogP contribution in [0.25, 0.3) is 0 Å². The highest BCUT2D eigenvalue weighted by Gasteiger charge is 2.54. The first-order chi connectivity index (χ1) is 10.6. The van der Waals surface area contributed by atoms with Gasteiger partial charge in [-0.3, -0.25) is 4.79 Å². The largest absolute Gasteiger partial charge is 0.298 e. The van der Waals surface area contributed by atoms with Gasteiger partial charge in [-0.25, -0.2) is 0 Å². The molecular weight excluding hydrogens is 288 g/mol. The van der Waals surface area contributed by atoms with Gasteiger partial charge in [-0.15, -0.1) is 11.8 Å². The molecule has 2 heteroatoms. The number of fused-ring (bicyclic) bond motifs is 3. The van der Waals surface area contributed by atoms with E-state index >= 15 is 0 Å². The summed E-state index contributed by atoms with van der Waals surface area (Å²) in [5.41, 5.74) is 6.68. The van der Waals surface area contributed by atoms with Crippen molar-refractivity contribution in [2.75, 3.05) is 0 Å². The average molecular weight is 308 g/mol. The molecule has 0 bridgehead atoms. The monoisotopic (exact) mass is 308 g/mol. The average Bonchev–Trinajstić information content (AvgIpc) is 2.82. The molecule has 0 spiro atoms. The third-order valence-corrected chi connectivity index (χ3v) is 6.77. The zero-order chi connectivity index (χ0) is 15.4. The second-order valence-corrected chi connectivity index (χ2v) is 7.86. The zero-order valence-corrected chi connectivity index (χ0v) is 14.0. The first-order valence-corrected chi connectivity index (χ1v) is 8.80. The molecule has 0 aromatic heterocycles. The van der Waals surface area contributed by atoms with E-state index in [0.29, 0.717) is 11.7 Å². The number of aryl methyl sites for hydroxylation is 3. The summed E-state index contributed by atoms with van der Waals surface area (Å²) < 4.78 is 0. The van der Waals surface area contributed by atoms with E-state index in [4.69, 9.17) is 0 Å². The van der Waals surface area contributed by atoms with Gasteiger partial charge < -0.3 is 0 Å². The number of rotatable bonds is 2. The summed E-state index contributed by atoms with van der Waals surface area (Å²) in [5.74, 6) is 1.11. The van der Waals surface area contributed by atoms with E-state index in [-0.39, 0.29) is 11.2 Å². The van der Waals surface area contributed by atoms with Gasteiger partial charge in [-0.2, -0.15) is 0 Å². The quantitative estimate of drug-likeness (QED) is 0.806. The van der Waals surface area contributed by atoms with Crippen LogP contribution in [0.2, 0.25) is 0 Å². The highest BCUT2D eigenvalue weighted by atomic mass is 32.2. The van der Waals surface area contributed by atoms with E-state index in [9.17, 15) is 4.79 Å². The maximum absolute atomic E-state index is 12.6. The predicted molar refractivity (Wildman–Crippen MR) is 91.7 cm³/mol. The highest BCUT2D eigenvalue weighted by molar-refractivity contribution is 8.01. The normalized spacial score (nSPS) is 25.6. The van der Waals surface area contributed by atoms with Crippen LogP contribution in [-0.2, 0) is 11.2 Å². The van der Waals surface area contributed by atoms with Crippen LogP contribution >= 0.6 is 11.8 Å². The molecule has 112 valence electrons. The van der Waals surface area contributed by atoms with Crippen molar-refractivity contribution >= 4 is 17.5 Å². The molecule has 0 heterocycles. The van der Waals surface area contributed by atoms with Crippen molar-refractivity contribution < 1.29 is 4.79 Å². The van der Waals surface area contributed by atoms with Crippen molar-refractivity contribution in [2.24, 2.45) is 5.92 Å². The lowest BCUT2D eigenvalue weighted by atomic mass is 9.72. The first kappa shape index (κ1) is 14.1. The molecule has 0 unspecified atom stereocenters. The lowest BCUT2D eigenvalue weighted by Gasteiger charge is -2.39. The molecule has 1 nitrogen and oxygen atoms in total. The van der Waals surface area contributed by atoms with Crippen molar-refractivity contribution in [1.82, 2.24) is 0 Å². The third kappa shape index (κ3) is 1.97. The molecule has 1 fully saturated rings. The Morgan fingerprint density at radius 2 is 1.73 bits per heavy atom. The van der Waals surface area contributed by atoms with Gasteiger partial charge in [0.05, 0.1) is 5.25 Å². The third-order valence-electron chi connectivity index (χ3n) is 5.11. The Balaban J connectivity index is 1.67. The van der Waals surface area contributed by atoms with Crippen LogP contribution in [0.15, 0.2) is 41.3 Å². The van der Waals surface area contributed by atoms with Gasteiger partial charge in [0, 0.05) is 16.7 Å². The molecular formula is C20H20OS. The van der Waals surface area contributed by atoms with Crippen molar-refractivity contribution in [3.05, 3.63) is 64.2 Å². The number of Topliss-reactive ketones (excluding diaryl/α,β-unsaturated/α-hetero) is 1. The van der Waals surface area contributed by atoms with Crippen molar-refractivity contribution in [3.63, 3.8) is 0 Å². The number of carbonyl (C=O) groups excluding carboxylic acids is 1. The molecule has 0 aliphatic heterocycles. The topological polar surface area (TPSA) is 17.1 Å². The summed E-state index contributed by atoms with van der Waals surface area (Å²) in [4.78, 5) is 13.9. The summed E-state index contributed by atoms with van der Waals surface area (Å²) in [6.07, 6.45) is 0.947. The van der Waals surface area contributed by atoms with E-state index in [1.807, 2.05) is 0 Å². The maximum Gasteiger partial charge on any atom is 0.150 e. The first-order valence-electron chi connectivity index (χ1n) is 7.92. The Bertz CT molecular complexity index is 754. The minimum Gasteiger partial charge on any atom is -0.298 e. The molecule has 4 rings (SSSR count). The fourth-order valence-corrected chi connectivity index (χ4v) is 5.68. The highest BCUT2D eigenvalue weighted by Crippen LogP contribution is 2.55. The summed E-state index contributed by atoms with van der Waals surface area (Å²) in [6.45, 7) is 6.45. The van der Waals surface area contributed by atoms with E-state index in [1.165, 1.54) is 32.7 Å². The van der Waals surface area contributed by atoms with E-state index < -0.39 is 0 Å². The van der Waals surface area contributed by atoms with Crippen molar-refractivity contribution in [3.8, 4) is 0 Å². The summed E-state index contributed by atoms with van der Waals surface area (Å²) in [6, 6.07) is 13.0. The molecule has 2 aliphatic carbocycles. The van der Waals surface area contributed by atoms with Crippen LogP contribution < -0.4 is 0 Å². The van der Waals surface area contributed by atoms with Crippen LogP contribution in [0, 0.1) is 26.7 Å². The Hall–Kier alpha value is -1.54. The van der Waals surface area contributed by atoms with Crippen LogP contribution in [0.4, 0.5) is 0 Å². The molecule has 0 amide bonds. The number of hydrogen-bond donors (Lipinski definition) is 0. The molecule has 2 aromatic rings. The number of benzene rings is 2. The van der Waals surface area contributed by atoms with E-state index in [2.05, 4.69) is 57.2 Å². The fourth-order valence-electron chi connectivity index (χ4n) is 4.16. The Morgan fingerprint density at radius 1 is 1.05 bits per heavy atom. The van der Waals surface area contributed by atoms with Gasteiger partial charge in [-0.1, -0.05) is 42.0 Å². The van der Waals surface area contributed by atoms with E-state index in [1.54, 1.807) is 11.8 Å². The zero-order valence-electron chi connectivity index (χ0n) is 13.2. The van der Waals surface area contributed by atoms with Gasteiger partial charge >= 0.3 is 0 Å². The minimum absolute atomic E-state index is 0.105. The molecule has 0 saturated heterocycles. The Kier molecular flexibility index (Phi) is 3.19. The molecule has 2 aliphatic rings. The van der Waals surface area contributed by atoms with Gasteiger partial charge in [0.1, 0.15) is 0 Å². The molecule has 1 saturated carbocycles. The number of hydrogen-bond acceptors (Lipinski definition) is 2. The van der Waals surface area contributed by atoms with Gasteiger partial charge in [0.2, 0.25) is 0 Å². The van der Waals surface area contributed by atoms with Gasteiger partial charge in [0.15, 0.2) is 5.78 Å². The minimum atomic E-state index is 0.105. The van der Waals surface area contributed by atoms with Crippen LogP contribution in [-0.4, -0.2) is 11.0 Å². The standard InChI is InChI=1S/C20H20OS/c1-11-8-12(2)19(13(3)9-11)22-20-17-15-7-5-4-6-14(15)10-16(17)18(20)21/h4-9,16-17,20H,10H2,1-3H3/t16-,17+,20+/m0/s1. The summed E-state index contributed by atoms with van der Waals surface area (Å²) in [7, 11) is 0. The van der Waals surface area contributed by atoms with E-state index in [0.717, 1.165) is 6.42 Å². The van der Waals surface area contributed by atoms with Crippen LogP contribution in [0.1, 0.15) is 33.7 Å². The van der Waals surface area contributed by atoms with Gasteiger partial charge in [-0.05, 0) is 49.4 Å². The molecule has 2 aromatic carbocycles. The van der Waals surface area contributed by atoms with Crippen molar-refractivity contribution in [1.29, 1.82) is 0 Å².